The second-order valence-electron chi connectivity index (χ2n) is 0.519. The summed E-state index contributed by atoms with van der Waals surface area (Å²) in [6, 6.07) is 0. The fraction of sp³-hybridized carbons (Fsp3) is 0.500. The van der Waals surface area contributed by atoms with Crippen LogP contribution >= 0.6 is 0 Å². The topological polar surface area (TPSA) is 37.3 Å². The van der Waals surface area contributed by atoms with Gasteiger partial charge in [0.1, 0.15) is 0 Å². The molecule has 0 rings (SSSR count). The van der Waals surface area contributed by atoms with Crippen molar-refractivity contribution in [2.45, 2.75) is 6.92 Å². The van der Waals surface area contributed by atoms with Crippen molar-refractivity contribution in [2.75, 3.05) is 0 Å². The van der Waals surface area contributed by atoms with Gasteiger partial charge >= 0.3 is 0 Å². The second kappa shape index (κ2) is 9.08. The SMILES string of the molecule is CC(=O)O.[Co].[Co]. The van der Waals surface area contributed by atoms with Crippen LogP contribution in [0.25, 0.3) is 0 Å². The average molecular weight is 178 g/mol. The van der Waals surface area contributed by atoms with Crippen molar-refractivity contribution in [3.8, 4) is 0 Å². The molecule has 6 heavy (non-hydrogen) atoms. The maximum atomic E-state index is 9.00. The summed E-state index contributed by atoms with van der Waals surface area (Å²) < 4.78 is 0. The van der Waals surface area contributed by atoms with Crippen LogP contribution in [0, 0.1) is 0 Å². The summed E-state index contributed by atoms with van der Waals surface area (Å²) in [7, 11) is 0. The van der Waals surface area contributed by atoms with Crippen LogP contribution in [-0.2, 0) is 38.4 Å². The van der Waals surface area contributed by atoms with Gasteiger partial charge in [0.15, 0.2) is 0 Å². The van der Waals surface area contributed by atoms with Crippen LogP contribution < -0.4 is 0 Å². The number of carboxylic acid groups (broad SMARTS) is 1. The van der Waals surface area contributed by atoms with Crippen LogP contribution in [0.1, 0.15) is 6.92 Å². The van der Waals surface area contributed by atoms with Crippen molar-refractivity contribution in [3.63, 3.8) is 0 Å². The quantitative estimate of drug-likeness (QED) is 0.570. The van der Waals surface area contributed by atoms with Gasteiger partial charge in [-0.2, -0.15) is 0 Å². The Labute approximate surface area is 56.7 Å². The molecule has 0 fully saturated rings. The molecule has 0 amide bonds. The summed E-state index contributed by atoms with van der Waals surface area (Å²) in [4.78, 5) is 9.00. The molecule has 2 nitrogen and oxygen atoms in total. The largest absolute Gasteiger partial charge is 0.481 e. The molecule has 0 atom stereocenters. The molecule has 0 aromatic heterocycles. The predicted octanol–water partition coefficient (Wildman–Crippen LogP) is 0.0859. The summed E-state index contributed by atoms with van der Waals surface area (Å²) in [5, 5.41) is 7.42. The Morgan fingerprint density at radius 3 is 1.50 bits per heavy atom. The summed E-state index contributed by atoms with van der Waals surface area (Å²) in [5.74, 6) is -0.833. The summed E-state index contributed by atoms with van der Waals surface area (Å²) in [5.41, 5.74) is 0. The van der Waals surface area contributed by atoms with Crippen LogP contribution in [0.2, 0.25) is 0 Å². The third-order valence-electron chi connectivity index (χ3n) is 0. The minimum Gasteiger partial charge on any atom is -0.481 e. The molecule has 42 valence electrons. The van der Waals surface area contributed by atoms with E-state index in [1.807, 2.05) is 0 Å². The Morgan fingerprint density at radius 2 is 1.50 bits per heavy atom. The van der Waals surface area contributed by atoms with E-state index in [1.165, 1.54) is 0 Å². The summed E-state index contributed by atoms with van der Waals surface area (Å²) in [6.07, 6.45) is 0. The van der Waals surface area contributed by atoms with Gasteiger partial charge in [0.05, 0.1) is 0 Å². The normalized spacial score (nSPS) is 4.17. The fourth-order valence-corrected chi connectivity index (χ4v) is 0. The molecule has 0 spiro atoms. The van der Waals surface area contributed by atoms with Gasteiger partial charge in [-0.15, -0.1) is 0 Å². The molecule has 0 unspecified atom stereocenters. The molecule has 0 aromatic rings. The van der Waals surface area contributed by atoms with Gasteiger partial charge < -0.3 is 5.11 Å². The molecule has 0 aliphatic carbocycles. The zero-order valence-electron chi connectivity index (χ0n) is 3.02. The van der Waals surface area contributed by atoms with Gasteiger partial charge in [-0.1, -0.05) is 0 Å². The van der Waals surface area contributed by atoms with E-state index in [0.717, 1.165) is 6.92 Å². The Bertz CT molecular complexity index is 32.5. The summed E-state index contributed by atoms with van der Waals surface area (Å²) in [6.45, 7) is 1.08. The van der Waals surface area contributed by atoms with Crippen molar-refractivity contribution in [3.05, 3.63) is 0 Å². The molecule has 0 saturated heterocycles. The molecule has 0 aromatic carbocycles. The van der Waals surface area contributed by atoms with E-state index in [-0.39, 0.29) is 33.6 Å². The van der Waals surface area contributed by atoms with Crippen LogP contribution in [0.3, 0.4) is 0 Å². The molecule has 2 radical (unpaired) electrons. The standard InChI is InChI=1S/C2H4O2.2Co/c1-2(3)4;;/h1H3,(H,3,4);;. The number of rotatable bonds is 0. The van der Waals surface area contributed by atoms with E-state index >= 15 is 0 Å². The Morgan fingerprint density at radius 1 is 1.50 bits per heavy atom. The van der Waals surface area contributed by atoms with Gasteiger partial charge in [-0.25, -0.2) is 0 Å². The molecule has 1 N–H and O–H groups in total. The average Bonchev–Trinajstić information content (AvgIpc) is 0.811. The monoisotopic (exact) mass is 178 g/mol. The maximum absolute atomic E-state index is 9.00. The van der Waals surface area contributed by atoms with Crippen LogP contribution in [-0.4, -0.2) is 11.1 Å². The summed E-state index contributed by atoms with van der Waals surface area (Å²) >= 11 is 0. The maximum Gasteiger partial charge on any atom is 0.300 e. The van der Waals surface area contributed by atoms with E-state index in [2.05, 4.69) is 0 Å². The molecule has 0 saturated carbocycles. The zero-order chi connectivity index (χ0) is 3.58. The van der Waals surface area contributed by atoms with Crippen LogP contribution in [0.4, 0.5) is 0 Å². The third kappa shape index (κ3) is 233. The van der Waals surface area contributed by atoms with Gasteiger partial charge in [0.2, 0.25) is 0 Å². The molecule has 0 aliphatic rings. The predicted molar refractivity (Wildman–Crippen MR) is 13.3 cm³/mol. The number of carboxylic acids is 1. The third-order valence-corrected chi connectivity index (χ3v) is 0. The van der Waals surface area contributed by atoms with E-state index < -0.39 is 5.97 Å². The zero-order valence-corrected chi connectivity index (χ0v) is 5.10. The Hall–Kier alpha value is 0.483. The van der Waals surface area contributed by atoms with E-state index in [1.54, 1.807) is 0 Å². The Balaban J connectivity index is -0.0000000450. The van der Waals surface area contributed by atoms with Crippen molar-refractivity contribution in [1.29, 1.82) is 0 Å². The van der Waals surface area contributed by atoms with E-state index in [0.29, 0.717) is 0 Å². The molecule has 0 heterocycles. The van der Waals surface area contributed by atoms with Crippen LogP contribution in [0.15, 0.2) is 0 Å². The van der Waals surface area contributed by atoms with Gasteiger partial charge in [0, 0.05) is 40.5 Å². The van der Waals surface area contributed by atoms with Gasteiger partial charge in [-0.05, 0) is 0 Å². The number of aliphatic carboxylic acids is 1. The first-order valence-electron chi connectivity index (χ1n) is 0.928. The van der Waals surface area contributed by atoms with Gasteiger partial charge in [0.25, 0.3) is 5.97 Å². The number of hydrogen-bond donors (Lipinski definition) is 1. The first-order valence-corrected chi connectivity index (χ1v) is 0.928. The molecular formula is C2H4Co2O2. The smallest absolute Gasteiger partial charge is 0.300 e. The molecule has 0 aliphatic heterocycles. The molecule has 0 bridgehead atoms. The van der Waals surface area contributed by atoms with Crippen molar-refractivity contribution < 1.29 is 43.5 Å². The van der Waals surface area contributed by atoms with Crippen molar-refractivity contribution >= 4 is 5.97 Å². The fourth-order valence-electron chi connectivity index (χ4n) is 0. The first-order chi connectivity index (χ1) is 1.73. The molecule has 4 heteroatoms. The second-order valence-corrected chi connectivity index (χ2v) is 0.519. The van der Waals surface area contributed by atoms with Crippen molar-refractivity contribution in [2.24, 2.45) is 0 Å². The minimum absolute atomic E-state index is 0. The van der Waals surface area contributed by atoms with Crippen molar-refractivity contribution in [1.82, 2.24) is 0 Å². The first kappa shape index (κ1) is 16.1. The van der Waals surface area contributed by atoms with Crippen LogP contribution in [0.5, 0.6) is 0 Å². The van der Waals surface area contributed by atoms with Gasteiger partial charge in [-0.3, -0.25) is 4.79 Å². The minimum atomic E-state index is -0.833. The van der Waals surface area contributed by atoms with E-state index in [4.69, 9.17) is 9.90 Å². The molecular weight excluding hydrogens is 174 g/mol. The number of hydrogen-bond acceptors (Lipinski definition) is 1. The van der Waals surface area contributed by atoms with E-state index in [9.17, 15) is 0 Å². The number of carbonyl (C=O) groups is 1. The Kier molecular flexibility index (Phi) is 24.3.